The van der Waals surface area contributed by atoms with Crippen LogP contribution < -0.4 is 4.74 Å². The van der Waals surface area contributed by atoms with Crippen LogP contribution in [0.3, 0.4) is 0 Å². The van der Waals surface area contributed by atoms with Crippen molar-refractivity contribution in [2.75, 3.05) is 40.8 Å². The first-order valence-electron chi connectivity index (χ1n) is 7.32. The number of methoxy groups -OCH3 is 1. The molecule has 4 nitrogen and oxygen atoms in total. The summed E-state index contributed by atoms with van der Waals surface area (Å²) in [7, 11) is 5.87. The number of phenols is 1. The SMILES string of the molecule is COc1cccc(CN2CCC(CN(C)C)CC2)c1O. The second-order valence-corrected chi connectivity index (χ2v) is 5.95. The van der Waals surface area contributed by atoms with Crippen LogP contribution in [0.1, 0.15) is 18.4 Å². The van der Waals surface area contributed by atoms with Crippen LogP contribution in [0.2, 0.25) is 0 Å². The normalized spacial score (nSPS) is 17.6. The molecule has 1 fully saturated rings. The number of hydrogen-bond acceptors (Lipinski definition) is 4. The summed E-state index contributed by atoms with van der Waals surface area (Å²) in [5.41, 5.74) is 0.954. The summed E-state index contributed by atoms with van der Waals surface area (Å²) < 4.78 is 5.16. The molecule has 0 aliphatic carbocycles. The number of hydrogen-bond donors (Lipinski definition) is 1. The second kappa shape index (κ2) is 6.95. The van der Waals surface area contributed by atoms with Gasteiger partial charge in [0, 0.05) is 18.7 Å². The van der Waals surface area contributed by atoms with Gasteiger partial charge in [0.05, 0.1) is 7.11 Å². The Morgan fingerprint density at radius 1 is 1.30 bits per heavy atom. The first-order valence-corrected chi connectivity index (χ1v) is 7.32. The summed E-state index contributed by atoms with van der Waals surface area (Å²) in [6, 6.07) is 5.71. The van der Waals surface area contributed by atoms with Gasteiger partial charge < -0.3 is 14.7 Å². The molecule has 0 spiro atoms. The number of ether oxygens (including phenoxy) is 1. The van der Waals surface area contributed by atoms with Gasteiger partial charge in [-0.05, 0) is 52.0 Å². The van der Waals surface area contributed by atoms with Gasteiger partial charge in [0.25, 0.3) is 0 Å². The maximum absolute atomic E-state index is 10.1. The summed E-state index contributed by atoms with van der Waals surface area (Å²) in [6.07, 6.45) is 2.48. The molecule has 0 saturated carbocycles. The van der Waals surface area contributed by atoms with Gasteiger partial charge in [-0.3, -0.25) is 4.90 Å². The average Bonchev–Trinajstić information content (AvgIpc) is 2.43. The monoisotopic (exact) mass is 278 g/mol. The molecule has 1 heterocycles. The molecule has 0 atom stereocenters. The summed E-state index contributed by atoms with van der Waals surface area (Å²) >= 11 is 0. The molecule has 20 heavy (non-hydrogen) atoms. The van der Waals surface area contributed by atoms with Crippen molar-refractivity contribution >= 4 is 0 Å². The van der Waals surface area contributed by atoms with Gasteiger partial charge in [-0.2, -0.15) is 0 Å². The fraction of sp³-hybridized carbons (Fsp3) is 0.625. The highest BCUT2D eigenvalue weighted by Gasteiger charge is 2.20. The minimum Gasteiger partial charge on any atom is -0.504 e. The lowest BCUT2D eigenvalue weighted by Gasteiger charge is -2.33. The van der Waals surface area contributed by atoms with Gasteiger partial charge in [-0.25, -0.2) is 0 Å². The lowest BCUT2D eigenvalue weighted by atomic mass is 9.96. The van der Waals surface area contributed by atoms with Crippen molar-refractivity contribution in [3.8, 4) is 11.5 Å². The van der Waals surface area contributed by atoms with Gasteiger partial charge in [0.2, 0.25) is 0 Å². The van der Waals surface area contributed by atoms with Crippen LogP contribution in [0, 0.1) is 5.92 Å². The maximum atomic E-state index is 10.1. The predicted molar refractivity (Wildman–Crippen MR) is 81.2 cm³/mol. The zero-order valence-electron chi connectivity index (χ0n) is 12.8. The molecule has 4 heteroatoms. The van der Waals surface area contributed by atoms with Crippen molar-refractivity contribution in [2.45, 2.75) is 19.4 Å². The highest BCUT2D eigenvalue weighted by molar-refractivity contribution is 5.45. The van der Waals surface area contributed by atoms with Crippen molar-refractivity contribution in [2.24, 2.45) is 5.92 Å². The molecular formula is C16H26N2O2. The molecule has 0 radical (unpaired) electrons. The third-order valence-electron chi connectivity index (χ3n) is 4.03. The van der Waals surface area contributed by atoms with E-state index in [1.807, 2.05) is 12.1 Å². The van der Waals surface area contributed by atoms with Crippen LogP contribution in [0.25, 0.3) is 0 Å². The van der Waals surface area contributed by atoms with Gasteiger partial charge in [0.15, 0.2) is 11.5 Å². The first kappa shape index (κ1) is 15.1. The first-order chi connectivity index (χ1) is 9.60. The van der Waals surface area contributed by atoms with Crippen molar-refractivity contribution in [3.63, 3.8) is 0 Å². The van der Waals surface area contributed by atoms with Crippen LogP contribution in [0.15, 0.2) is 18.2 Å². The third kappa shape index (κ3) is 3.87. The smallest absolute Gasteiger partial charge is 0.162 e. The lowest BCUT2D eigenvalue weighted by molar-refractivity contribution is 0.155. The van der Waals surface area contributed by atoms with Crippen LogP contribution in [0.4, 0.5) is 0 Å². The molecule has 0 unspecified atom stereocenters. The molecule has 1 aliphatic rings. The highest BCUT2D eigenvalue weighted by Crippen LogP contribution is 2.31. The van der Waals surface area contributed by atoms with E-state index in [4.69, 9.17) is 4.74 Å². The zero-order valence-corrected chi connectivity index (χ0v) is 12.8. The zero-order chi connectivity index (χ0) is 14.5. The molecular weight excluding hydrogens is 252 g/mol. The van der Waals surface area contributed by atoms with Crippen molar-refractivity contribution in [1.82, 2.24) is 9.80 Å². The summed E-state index contributed by atoms with van der Waals surface area (Å²) in [5, 5.41) is 10.1. The van der Waals surface area contributed by atoms with E-state index in [1.165, 1.54) is 19.4 Å². The maximum Gasteiger partial charge on any atom is 0.162 e. The van der Waals surface area contributed by atoms with Crippen LogP contribution in [0.5, 0.6) is 11.5 Å². The number of benzene rings is 1. The Morgan fingerprint density at radius 3 is 2.60 bits per heavy atom. The molecule has 0 amide bonds. The van der Waals surface area contributed by atoms with E-state index in [0.717, 1.165) is 31.1 Å². The fourth-order valence-electron chi connectivity index (χ4n) is 2.94. The van der Waals surface area contributed by atoms with E-state index in [1.54, 1.807) is 13.2 Å². The topological polar surface area (TPSA) is 35.9 Å². The molecule has 112 valence electrons. The number of piperidine rings is 1. The predicted octanol–water partition coefficient (Wildman–Crippen LogP) is 2.17. The molecule has 1 saturated heterocycles. The van der Waals surface area contributed by atoms with Crippen LogP contribution in [-0.2, 0) is 6.54 Å². The van der Waals surface area contributed by atoms with Crippen LogP contribution in [-0.4, -0.2) is 55.7 Å². The largest absolute Gasteiger partial charge is 0.504 e. The Kier molecular flexibility index (Phi) is 5.26. The number of likely N-dealkylation sites (tertiary alicyclic amines) is 1. The Balaban J connectivity index is 1.90. The van der Waals surface area contributed by atoms with Gasteiger partial charge in [-0.1, -0.05) is 12.1 Å². The van der Waals surface area contributed by atoms with Gasteiger partial charge in [0.1, 0.15) is 0 Å². The number of phenolic OH excluding ortho intramolecular Hbond substituents is 1. The standard InChI is InChI=1S/C16H26N2O2/c1-17(2)11-13-7-9-18(10-8-13)12-14-5-4-6-15(20-3)16(14)19/h4-6,13,19H,7-12H2,1-3H3. The lowest BCUT2D eigenvalue weighted by Crippen LogP contribution is -2.36. The quantitative estimate of drug-likeness (QED) is 0.895. The van der Waals surface area contributed by atoms with Gasteiger partial charge >= 0.3 is 0 Å². The minimum absolute atomic E-state index is 0.283. The Labute approximate surface area is 122 Å². The van der Waals surface area contributed by atoms with E-state index in [2.05, 4.69) is 23.9 Å². The fourth-order valence-corrected chi connectivity index (χ4v) is 2.94. The minimum atomic E-state index is 0.283. The average molecular weight is 278 g/mol. The van der Waals surface area contributed by atoms with Crippen molar-refractivity contribution in [1.29, 1.82) is 0 Å². The van der Waals surface area contributed by atoms with Crippen molar-refractivity contribution < 1.29 is 9.84 Å². The Bertz CT molecular complexity index is 426. The third-order valence-corrected chi connectivity index (χ3v) is 4.03. The van der Waals surface area contributed by atoms with Crippen LogP contribution >= 0.6 is 0 Å². The van der Waals surface area contributed by atoms with E-state index >= 15 is 0 Å². The Morgan fingerprint density at radius 2 is 2.00 bits per heavy atom. The number of rotatable bonds is 5. The van der Waals surface area contributed by atoms with E-state index in [0.29, 0.717) is 5.75 Å². The molecule has 1 N–H and O–H groups in total. The summed E-state index contributed by atoms with van der Waals surface area (Å²) in [6.45, 7) is 4.19. The number of aromatic hydroxyl groups is 1. The van der Waals surface area contributed by atoms with E-state index < -0.39 is 0 Å². The summed E-state index contributed by atoms with van der Waals surface area (Å²) in [5.74, 6) is 1.65. The summed E-state index contributed by atoms with van der Waals surface area (Å²) in [4.78, 5) is 4.69. The van der Waals surface area contributed by atoms with E-state index in [9.17, 15) is 5.11 Å². The molecule has 1 aromatic carbocycles. The van der Waals surface area contributed by atoms with Gasteiger partial charge in [-0.15, -0.1) is 0 Å². The molecule has 1 aromatic rings. The highest BCUT2D eigenvalue weighted by atomic mass is 16.5. The molecule has 1 aliphatic heterocycles. The molecule has 0 aromatic heterocycles. The number of para-hydroxylation sites is 1. The number of nitrogens with zero attached hydrogens (tertiary/aromatic N) is 2. The van der Waals surface area contributed by atoms with E-state index in [-0.39, 0.29) is 5.75 Å². The molecule has 0 bridgehead atoms. The second-order valence-electron chi connectivity index (χ2n) is 5.95. The van der Waals surface area contributed by atoms with Crippen molar-refractivity contribution in [3.05, 3.63) is 23.8 Å². The molecule has 2 rings (SSSR count). The Hall–Kier alpha value is -1.26.